The Morgan fingerprint density at radius 3 is 2.73 bits per heavy atom. The number of nitrogens with zero attached hydrogens (tertiary/aromatic N) is 2. The van der Waals surface area contributed by atoms with E-state index in [0.29, 0.717) is 12.2 Å². The number of anilines is 2. The number of hydrogen-bond acceptors (Lipinski definition) is 3. The van der Waals surface area contributed by atoms with Gasteiger partial charge >= 0.3 is 0 Å². The number of aryl methyl sites for hydroxylation is 1. The van der Waals surface area contributed by atoms with Crippen LogP contribution in [0.3, 0.4) is 0 Å². The van der Waals surface area contributed by atoms with Crippen LogP contribution in [0.1, 0.15) is 36.3 Å². The first-order valence-electron chi connectivity index (χ1n) is 7.74. The minimum Gasteiger partial charge on any atom is -0.385 e. The van der Waals surface area contributed by atoms with Crippen LogP contribution in [0.25, 0.3) is 0 Å². The minimum absolute atomic E-state index is 0.0757. The standard InChI is InChI=1S/C18H23N3O/c1-4-10-19-15-9-11-20-17(13-15)18(22)21(5-2)16-8-6-7-14(3)12-16/h6-9,11-13H,4-5,10H2,1-3H3,(H,19,20). The van der Waals surface area contributed by atoms with Gasteiger partial charge in [-0.3, -0.25) is 9.78 Å². The second kappa shape index (κ2) is 7.59. The average molecular weight is 297 g/mol. The van der Waals surface area contributed by atoms with Crippen LogP contribution in [0.5, 0.6) is 0 Å². The second-order valence-electron chi connectivity index (χ2n) is 5.24. The molecule has 0 aliphatic carbocycles. The van der Waals surface area contributed by atoms with Crippen LogP contribution < -0.4 is 10.2 Å². The highest BCUT2D eigenvalue weighted by Gasteiger charge is 2.17. The van der Waals surface area contributed by atoms with E-state index in [1.54, 1.807) is 11.1 Å². The molecule has 0 atom stereocenters. The molecule has 22 heavy (non-hydrogen) atoms. The Labute approximate surface area is 132 Å². The van der Waals surface area contributed by atoms with E-state index in [4.69, 9.17) is 0 Å². The topological polar surface area (TPSA) is 45.2 Å². The Kier molecular flexibility index (Phi) is 5.53. The Balaban J connectivity index is 2.25. The molecule has 0 aliphatic rings. The number of pyridine rings is 1. The molecule has 0 spiro atoms. The van der Waals surface area contributed by atoms with Crippen molar-refractivity contribution in [2.24, 2.45) is 0 Å². The van der Waals surface area contributed by atoms with E-state index in [1.165, 1.54) is 0 Å². The van der Waals surface area contributed by atoms with Crippen molar-refractivity contribution in [3.8, 4) is 0 Å². The third kappa shape index (κ3) is 3.85. The fraction of sp³-hybridized carbons (Fsp3) is 0.333. The van der Waals surface area contributed by atoms with Crippen LogP contribution in [0.2, 0.25) is 0 Å². The molecule has 4 heteroatoms. The van der Waals surface area contributed by atoms with Crippen LogP contribution in [-0.4, -0.2) is 24.0 Å². The highest BCUT2D eigenvalue weighted by Crippen LogP contribution is 2.19. The third-order valence-corrected chi connectivity index (χ3v) is 3.43. The summed E-state index contributed by atoms with van der Waals surface area (Å²) in [6, 6.07) is 11.7. The lowest BCUT2D eigenvalue weighted by molar-refractivity contribution is 0.0983. The molecule has 1 amide bonds. The predicted molar refractivity (Wildman–Crippen MR) is 91.5 cm³/mol. The molecule has 4 nitrogen and oxygen atoms in total. The first-order valence-corrected chi connectivity index (χ1v) is 7.74. The Morgan fingerprint density at radius 1 is 1.23 bits per heavy atom. The molecule has 0 bridgehead atoms. The summed E-state index contributed by atoms with van der Waals surface area (Å²) in [5.41, 5.74) is 3.43. The van der Waals surface area contributed by atoms with Crippen molar-refractivity contribution in [2.45, 2.75) is 27.2 Å². The van der Waals surface area contributed by atoms with Gasteiger partial charge in [0.2, 0.25) is 0 Å². The molecule has 0 saturated heterocycles. The highest BCUT2D eigenvalue weighted by atomic mass is 16.2. The van der Waals surface area contributed by atoms with Crippen LogP contribution in [-0.2, 0) is 0 Å². The lowest BCUT2D eigenvalue weighted by atomic mass is 10.2. The summed E-state index contributed by atoms with van der Waals surface area (Å²) in [4.78, 5) is 18.7. The molecule has 1 N–H and O–H groups in total. The molecule has 0 fully saturated rings. The third-order valence-electron chi connectivity index (χ3n) is 3.43. The zero-order chi connectivity index (χ0) is 15.9. The van der Waals surface area contributed by atoms with Crippen molar-refractivity contribution in [1.29, 1.82) is 0 Å². The van der Waals surface area contributed by atoms with E-state index in [0.717, 1.165) is 29.9 Å². The van der Waals surface area contributed by atoms with E-state index in [1.807, 2.05) is 50.2 Å². The Morgan fingerprint density at radius 2 is 2.05 bits per heavy atom. The predicted octanol–water partition coefficient (Wildman–Crippen LogP) is 3.88. The zero-order valence-electron chi connectivity index (χ0n) is 13.5. The van der Waals surface area contributed by atoms with Gasteiger partial charge in [-0.1, -0.05) is 19.1 Å². The summed E-state index contributed by atoms with van der Waals surface area (Å²) in [5.74, 6) is -0.0757. The highest BCUT2D eigenvalue weighted by molar-refractivity contribution is 6.05. The van der Waals surface area contributed by atoms with Crippen LogP contribution in [0.4, 0.5) is 11.4 Å². The number of rotatable bonds is 6. The van der Waals surface area contributed by atoms with Gasteiger partial charge in [-0.05, 0) is 50.1 Å². The summed E-state index contributed by atoms with van der Waals surface area (Å²) >= 11 is 0. The summed E-state index contributed by atoms with van der Waals surface area (Å²) in [6.07, 6.45) is 2.71. The number of hydrogen-bond donors (Lipinski definition) is 1. The zero-order valence-corrected chi connectivity index (χ0v) is 13.5. The maximum Gasteiger partial charge on any atom is 0.276 e. The van der Waals surface area contributed by atoms with Crippen LogP contribution in [0.15, 0.2) is 42.6 Å². The fourth-order valence-electron chi connectivity index (χ4n) is 2.30. The molecule has 0 radical (unpaired) electrons. The van der Waals surface area contributed by atoms with Gasteiger partial charge in [-0.25, -0.2) is 0 Å². The molecule has 2 rings (SSSR count). The summed E-state index contributed by atoms with van der Waals surface area (Å²) in [6.45, 7) is 7.59. The first kappa shape index (κ1) is 16.0. The van der Waals surface area contributed by atoms with Crippen molar-refractivity contribution in [1.82, 2.24) is 4.98 Å². The van der Waals surface area contributed by atoms with E-state index >= 15 is 0 Å². The normalized spacial score (nSPS) is 10.3. The Bertz CT molecular complexity index is 640. The van der Waals surface area contributed by atoms with Crippen LogP contribution >= 0.6 is 0 Å². The molecule has 116 valence electrons. The molecule has 0 unspecified atom stereocenters. The number of carbonyl (C=O) groups excluding carboxylic acids is 1. The van der Waals surface area contributed by atoms with Gasteiger partial charge in [0.25, 0.3) is 5.91 Å². The number of benzene rings is 1. The van der Waals surface area contributed by atoms with E-state index in [2.05, 4.69) is 17.2 Å². The quantitative estimate of drug-likeness (QED) is 0.880. The summed E-state index contributed by atoms with van der Waals surface area (Å²) in [5, 5.41) is 3.28. The van der Waals surface area contributed by atoms with E-state index < -0.39 is 0 Å². The average Bonchev–Trinajstić information content (AvgIpc) is 2.54. The minimum atomic E-state index is -0.0757. The number of carbonyl (C=O) groups is 1. The van der Waals surface area contributed by atoms with Crippen molar-refractivity contribution in [3.63, 3.8) is 0 Å². The first-order chi connectivity index (χ1) is 10.7. The van der Waals surface area contributed by atoms with Crippen molar-refractivity contribution in [2.75, 3.05) is 23.3 Å². The van der Waals surface area contributed by atoms with Gasteiger partial charge < -0.3 is 10.2 Å². The lowest BCUT2D eigenvalue weighted by Gasteiger charge is -2.21. The van der Waals surface area contributed by atoms with E-state index in [9.17, 15) is 4.79 Å². The fourth-order valence-corrected chi connectivity index (χ4v) is 2.30. The van der Waals surface area contributed by atoms with Crippen molar-refractivity contribution < 1.29 is 4.79 Å². The molecule has 0 aliphatic heterocycles. The van der Waals surface area contributed by atoms with Gasteiger partial charge in [0.05, 0.1) is 0 Å². The van der Waals surface area contributed by atoms with Gasteiger partial charge in [0.15, 0.2) is 0 Å². The Hall–Kier alpha value is -2.36. The number of aromatic nitrogens is 1. The van der Waals surface area contributed by atoms with Gasteiger partial charge in [0, 0.05) is 30.7 Å². The van der Waals surface area contributed by atoms with Crippen molar-refractivity contribution >= 4 is 17.3 Å². The van der Waals surface area contributed by atoms with Gasteiger partial charge in [-0.2, -0.15) is 0 Å². The smallest absolute Gasteiger partial charge is 0.276 e. The molecule has 1 heterocycles. The molecule has 1 aromatic carbocycles. The molecular weight excluding hydrogens is 274 g/mol. The second-order valence-corrected chi connectivity index (χ2v) is 5.24. The maximum absolute atomic E-state index is 12.7. The SMILES string of the molecule is CCCNc1ccnc(C(=O)N(CC)c2cccc(C)c2)c1. The molecule has 0 saturated carbocycles. The summed E-state index contributed by atoms with van der Waals surface area (Å²) in [7, 11) is 0. The number of amides is 1. The van der Waals surface area contributed by atoms with Gasteiger partial charge in [-0.15, -0.1) is 0 Å². The van der Waals surface area contributed by atoms with Crippen LogP contribution in [0, 0.1) is 6.92 Å². The van der Waals surface area contributed by atoms with E-state index in [-0.39, 0.29) is 5.91 Å². The molecule has 1 aromatic heterocycles. The monoisotopic (exact) mass is 297 g/mol. The summed E-state index contributed by atoms with van der Waals surface area (Å²) < 4.78 is 0. The molecule has 2 aromatic rings. The largest absolute Gasteiger partial charge is 0.385 e. The lowest BCUT2D eigenvalue weighted by Crippen LogP contribution is -2.31. The number of nitrogens with one attached hydrogen (secondary N) is 1. The van der Waals surface area contributed by atoms with Crippen molar-refractivity contribution in [3.05, 3.63) is 53.9 Å². The van der Waals surface area contributed by atoms with Gasteiger partial charge in [0.1, 0.15) is 5.69 Å². The maximum atomic E-state index is 12.7. The molecular formula is C18H23N3O.